The van der Waals surface area contributed by atoms with E-state index < -0.39 is 5.60 Å². The van der Waals surface area contributed by atoms with Gasteiger partial charge in [0.25, 0.3) is 0 Å². The Morgan fingerprint density at radius 2 is 2.24 bits per heavy atom. The van der Waals surface area contributed by atoms with Crippen LogP contribution < -0.4 is 5.32 Å². The molecule has 2 aromatic rings. The zero-order valence-electron chi connectivity index (χ0n) is 12.2. The number of hydrogen-bond acceptors (Lipinski definition) is 4. The van der Waals surface area contributed by atoms with Crippen LogP contribution >= 0.6 is 11.8 Å². The van der Waals surface area contributed by atoms with Gasteiger partial charge in [-0.25, -0.2) is 4.98 Å². The molecule has 21 heavy (non-hydrogen) atoms. The molecule has 1 saturated heterocycles. The average Bonchev–Trinajstić information content (AvgIpc) is 3.17. The standard InChI is InChI=1S/C16H21N3OS/c1-13(18-10-16(20)6-9-21-11-16)14-2-4-15(5-3-14)19-8-7-17-12-19/h2-5,7-8,12-13,18,20H,6,9-11H2,1H3. The molecule has 2 heterocycles. The molecule has 5 heteroatoms. The van der Waals surface area contributed by atoms with Gasteiger partial charge in [-0.1, -0.05) is 12.1 Å². The molecule has 0 spiro atoms. The van der Waals surface area contributed by atoms with E-state index in [2.05, 4.69) is 41.5 Å². The van der Waals surface area contributed by atoms with Crippen molar-refractivity contribution in [1.82, 2.24) is 14.9 Å². The van der Waals surface area contributed by atoms with E-state index in [0.29, 0.717) is 6.54 Å². The fourth-order valence-corrected chi connectivity index (χ4v) is 3.84. The molecule has 4 nitrogen and oxygen atoms in total. The molecule has 2 unspecified atom stereocenters. The molecule has 1 aromatic carbocycles. The minimum absolute atomic E-state index is 0.233. The van der Waals surface area contributed by atoms with Gasteiger partial charge in [0, 0.05) is 36.4 Å². The van der Waals surface area contributed by atoms with Gasteiger partial charge in [0.15, 0.2) is 0 Å². The maximum atomic E-state index is 10.4. The molecule has 1 aliphatic rings. The highest BCUT2D eigenvalue weighted by atomic mass is 32.2. The lowest BCUT2D eigenvalue weighted by Crippen LogP contribution is -2.41. The Bertz CT molecular complexity index is 562. The normalized spacial score (nSPS) is 23.3. The Hall–Kier alpha value is -1.30. The summed E-state index contributed by atoms with van der Waals surface area (Å²) in [6, 6.07) is 8.67. The topological polar surface area (TPSA) is 50.1 Å². The van der Waals surface area contributed by atoms with Crippen molar-refractivity contribution in [2.24, 2.45) is 0 Å². The van der Waals surface area contributed by atoms with E-state index in [1.807, 2.05) is 22.5 Å². The summed E-state index contributed by atoms with van der Waals surface area (Å²) in [5, 5.41) is 13.8. The van der Waals surface area contributed by atoms with E-state index in [1.165, 1.54) is 5.56 Å². The van der Waals surface area contributed by atoms with Crippen LogP contribution in [0.1, 0.15) is 24.9 Å². The van der Waals surface area contributed by atoms with E-state index in [-0.39, 0.29) is 6.04 Å². The Morgan fingerprint density at radius 3 is 2.86 bits per heavy atom. The van der Waals surface area contributed by atoms with Gasteiger partial charge >= 0.3 is 0 Å². The van der Waals surface area contributed by atoms with Crippen LogP contribution in [-0.2, 0) is 0 Å². The SMILES string of the molecule is CC(NCC1(O)CCSC1)c1ccc(-n2ccnc2)cc1. The fraction of sp³-hybridized carbons (Fsp3) is 0.438. The Labute approximate surface area is 129 Å². The van der Waals surface area contributed by atoms with Gasteiger partial charge in [0.1, 0.15) is 0 Å². The summed E-state index contributed by atoms with van der Waals surface area (Å²) in [6.07, 6.45) is 6.39. The summed E-state index contributed by atoms with van der Waals surface area (Å²) in [7, 11) is 0. The molecule has 1 aromatic heterocycles. The van der Waals surface area contributed by atoms with Crippen LogP contribution in [0.5, 0.6) is 0 Å². The minimum atomic E-state index is -0.532. The minimum Gasteiger partial charge on any atom is -0.388 e. The summed E-state index contributed by atoms with van der Waals surface area (Å²) >= 11 is 1.83. The van der Waals surface area contributed by atoms with Gasteiger partial charge in [-0.2, -0.15) is 11.8 Å². The van der Waals surface area contributed by atoms with Crippen molar-refractivity contribution in [3.8, 4) is 5.69 Å². The molecular weight excluding hydrogens is 282 g/mol. The summed E-state index contributed by atoms with van der Waals surface area (Å²) in [6.45, 7) is 2.79. The number of nitrogens with one attached hydrogen (secondary N) is 1. The first-order chi connectivity index (χ1) is 10.2. The first-order valence-corrected chi connectivity index (χ1v) is 8.44. The second-order valence-corrected chi connectivity index (χ2v) is 6.80. The summed E-state index contributed by atoms with van der Waals surface area (Å²) in [5.41, 5.74) is 1.80. The molecule has 112 valence electrons. The first kappa shape index (κ1) is 14.6. The van der Waals surface area contributed by atoms with Gasteiger partial charge in [-0.15, -0.1) is 0 Å². The van der Waals surface area contributed by atoms with Gasteiger partial charge in [-0.05, 0) is 36.8 Å². The highest BCUT2D eigenvalue weighted by molar-refractivity contribution is 7.99. The van der Waals surface area contributed by atoms with Crippen molar-refractivity contribution in [3.63, 3.8) is 0 Å². The highest BCUT2D eigenvalue weighted by Crippen LogP contribution is 2.27. The number of thioether (sulfide) groups is 1. The van der Waals surface area contributed by atoms with E-state index in [1.54, 1.807) is 12.5 Å². The van der Waals surface area contributed by atoms with Crippen LogP contribution in [0.2, 0.25) is 0 Å². The predicted molar refractivity (Wildman–Crippen MR) is 86.9 cm³/mol. The summed E-state index contributed by atoms with van der Waals surface area (Å²) in [4.78, 5) is 4.06. The van der Waals surface area contributed by atoms with E-state index in [0.717, 1.165) is 23.6 Å². The molecule has 0 aliphatic carbocycles. The summed E-state index contributed by atoms with van der Waals surface area (Å²) in [5.74, 6) is 1.90. The monoisotopic (exact) mass is 303 g/mol. The molecule has 1 aliphatic heterocycles. The van der Waals surface area contributed by atoms with Crippen LogP contribution in [-0.4, -0.2) is 38.3 Å². The molecule has 0 bridgehead atoms. The maximum absolute atomic E-state index is 10.4. The second-order valence-electron chi connectivity index (χ2n) is 5.69. The lowest BCUT2D eigenvalue weighted by molar-refractivity contribution is 0.0651. The van der Waals surface area contributed by atoms with Gasteiger partial charge in [0.05, 0.1) is 11.9 Å². The van der Waals surface area contributed by atoms with Gasteiger partial charge < -0.3 is 15.0 Å². The van der Waals surface area contributed by atoms with Crippen molar-refractivity contribution in [3.05, 3.63) is 48.5 Å². The number of rotatable bonds is 5. The lowest BCUT2D eigenvalue weighted by Gasteiger charge is -2.24. The first-order valence-electron chi connectivity index (χ1n) is 7.28. The molecule has 2 atom stereocenters. The van der Waals surface area contributed by atoms with E-state index in [9.17, 15) is 5.11 Å². The molecule has 0 saturated carbocycles. The summed E-state index contributed by atoms with van der Waals surface area (Å²) < 4.78 is 1.99. The van der Waals surface area contributed by atoms with E-state index in [4.69, 9.17) is 0 Å². The Morgan fingerprint density at radius 1 is 1.43 bits per heavy atom. The van der Waals surface area contributed by atoms with Crippen LogP contribution in [0.4, 0.5) is 0 Å². The van der Waals surface area contributed by atoms with Crippen LogP contribution in [0.25, 0.3) is 5.69 Å². The maximum Gasteiger partial charge on any atom is 0.0991 e. The molecule has 1 fully saturated rings. The fourth-order valence-electron chi connectivity index (χ4n) is 2.54. The Kier molecular flexibility index (Phi) is 4.33. The predicted octanol–water partition coefficient (Wildman–Crippen LogP) is 2.39. The van der Waals surface area contributed by atoms with Crippen molar-refractivity contribution >= 4 is 11.8 Å². The van der Waals surface area contributed by atoms with Crippen molar-refractivity contribution in [1.29, 1.82) is 0 Å². The molecule has 3 rings (SSSR count). The van der Waals surface area contributed by atoms with Crippen molar-refractivity contribution in [2.45, 2.75) is 25.0 Å². The van der Waals surface area contributed by atoms with Crippen molar-refractivity contribution in [2.75, 3.05) is 18.1 Å². The number of nitrogens with zero attached hydrogens (tertiary/aromatic N) is 2. The third-order valence-electron chi connectivity index (χ3n) is 4.02. The van der Waals surface area contributed by atoms with Gasteiger partial charge in [-0.3, -0.25) is 0 Å². The Balaban J connectivity index is 1.61. The zero-order chi connectivity index (χ0) is 14.7. The smallest absolute Gasteiger partial charge is 0.0991 e. The third kappa shape index (κ3) is 3.48. The number of benzene rings is 1. The average molecular weight is 303 g/mol. The van der Waals surface area contributed by atoms with Crippen LogP contribution in [0.3, 0.4) is 0 Å². The van der Waals surface area contributed by atoms with Crippen molar-refractivity contribution < 1.29 is 5.11 Å². The zero-order valence-corrected chi connectivity index (χ0v) is 13.0. The third-order valence-corrected chi connectivity index (χ3v) is 5.25. The molecule has 2 N–H and O–H groups in total. The quantitative estimate of drug-likeness (QED) is 0.890. The van der Waals surface area contributed by atoms with Crippen LogP contribution in [0, 0.1) is 0 Å². The lowest BCUT2D eigenvalue weighted by atomic mass is 10.0. The number of hydrogen-bond donors (Lipinski definition) is 2. The van der Waals surface area contributed by atoms with Crippen LogP contribution in [0.15, 0.2) is 43.0 Å². The molecule has 0 radical (unpaired) electrons. The number of imidazole rings is 1. The van der Waals surface area contributed by atoms with Gasteiger partial charge in [0.2, 0.25) is 0 Å². The second kappa shape index (κ2) is 6.22. The molecular formula is C16H21N3OS. The number of aliphatic hydroxyl groups is 1. The van der Waals surface area contributed by atoms with E-state index >= 15 is 0 Å². The number of aromatic nitrogens is 2. The highest BCUT2D eigenvalue weighted by Gasteiger charge is 2.31. The molecule has 0 amide bonds. The largest absolute Gasteiger partial charge is 0.388 e.